The molecule has 18 heavy (non-hydrogen) atoms. The van der Waals surface area contributed by atoms with E-state index in [1.54, 1.807) is 11.8 Å². The van der Waals surface area contributed by atoms with Crippen molar-refractivity contribution in [2.24, 2.45) is 0 Å². The molecule has 0 radical (unpaired) electrons. The minimum absolute atomic E-state index is 0.168. The van der Waals surface area contributed by atoms with Gasteiger partial charge >= 0.3 is 0 Å². The molecule has 3 nitrogen and oxygen atoms in total. The van der Waals surface area contributed by atoms with Crippen LogP contribution in [0.1, 0.15) is 47.0 Å². The Balaban J connectivity index is 2.51. The van der Waals surface area contributed by atoms with Gasteiger partial charge in [0, 0.05) is 17.3 Å². The number of carbonyl (C=O) groups excluding carboxylic acids is 1. The van der Waals surface area contributed by atoms with Gasteiger partial charge in [-0.15, -0.1) is 11.8 Å². The van der Waals surface area contributed by atoms with E-state index < -0.39 is 0 Å². The zero-order chi connectivity index (χ0) is 13.6. The first-order chi connectivity index (χ1) is 8.44. The highest BCUT2D eigenvalue weighted by Gasteiger charge is 2.25. The van der Waals surface area contributed by atoms with Crippen molar-refractivity contribution >= 4 is 17.7 Å². The third kappa shape index (κ3) is 5.61. The predicted octanol–water partition coefficient (Wildman–Crippen LogP) is 2.51. The highest BCUT2D eigenvalue weighted by Crippen LogP contribution is 2.24. The number of carbonyl (C=O) groups is 1. The number of hydrogen-bond acceptors (Lipinski definition) is 3. The highest BCUT2D eigenvalue weighted by atomic mass is 32.2. The van der Waals surface area contributed by atoms with Gasteiger partial charge in [0.25, 0.3) is 0 Å². The van der Waals surface area contributed by atoms with Crippen molar-refractivity contribution in [1.29, 1.82) is 0 Å². The number of piperidine rings is 1. The van der Waals surface area contributed by atoms with Gasteiger partial charge in [-0.3, -0.25) is 4.79 Å². The fourth-order valence-corrected chi connectivity index (χ4v) is 2.95. The number of nitrogens with one attached hydrogen (secondary N) is 1. The molecule has 1 aliphatic rings. The fraction of sp³-hybridized carbons (Fsp3) is 0.929. The molecule has 0 aromatic rings. The van der Waals surface area contributed by atoms with Crippen molar-refractivity contribution < 1.29 is 4.79 Å². The maximum Gasteiger partial charge on any atom is 0.232 e. The molecule has 0 bridgehead atoms. The van der Waals surface area contributed by atoms with E-state index in [4.69, 9.17) is 0 Å². The Bertz CT molecular complexity index is 257. The third-order valence-electron chi connectivity index (χ3n) is 3.16. The molecule has 1 rings (SSSR count). The number of thioether (sulfide) groups is 1. The molecule has 0 aliphatic carbocycles. The van der Waals surface area contributed by atoms with Gasteiger partial charge in [0.15, 0.2) is 0 Å². The number of rotatable bonds is 5. The van der Waals surface area contributed by atoms with E-state index in [1.807, 2.05) is 0 Å². The molecule has 106 valence electrons. The predicted molar refractivity (Wildman–Crippen MR) is 80.1 cm³/mol. The van der Waals surface area contributed by atoms with Gasteiger partial charge in [-0.2, -0.15) is 0 Å². The molecule has 0 spiro atoms. The SMILES string of the molecule is CCCN(C(=O)CSC(C)(C)C)C1CCNCC1. The zero-order valence-corrected chi connectivity index (χ0v) is 13.1. The van der Waals surface area contributed by atoms with Gasteiger partial charge in [-0.1, -0.05) is 27.7 Å². The normalized spacial score (nSPS) is 17.8. The van der Waals surface area contributed by atoms with Crippen molar-refractivity contribution in [1.82, 2.24) is 10.2 Å². The molecular weight excluding hydrogens is 244 g/mol. The molecule has 1 heterocycles. The minimum Gasteiger partial charge on any atom is -0.339 e. The lowest BCUT2D eigenvalue weighted by Crippen LogP contribution is -2.47. The average molecular weight is 272 g/mol. The van der Waals surface area contributed by atoms with E-state index in [0.29, 0.717) is 17.7 Å². The van der Waals surface area contributed by atoms with Gasteiger partial charge in [0.1, 0.15) is 0 Å². The first-order valence-electron chi connectivity index (χ1n) is 7.08. The molecule has 4 heteroatoms. The Labute approximate surface area is 116 Å². The standard InChI is InChI=1S/C14H28N2OS/c1-5-10-16(12-6-8-15-9-7-12)13(17)11-18-14(2,3)4/h12,15H,5-11H2,1-4H3. The van der Waals surface area contributed by atoms with Crippen LogP contribution in [0.5, 0.6) is 0 Å². The molecule has 1 N–H and O–H groups in total. The summed E-state index contributed by atoms with van der Waals surface area (Å²) >= 11 is 1.75. The van der Waals surface area contributed by atoms with Crippen LogP contribution in [0.3, 0.4) is 0 Å². The smallest absolute Gasteiger partial charge is 0.232 e. The molecule has 0 saturated carbocycles. The van der Waals surface area contributed by atoms with Crippen LogP contribution >= 0.6 is 11.8 Å². The lowest BCUT2D eigenvalue weighted by Gasteiger charge is -2.35. The fourth-order valence-electron chi connectivity index (χ4n) is 2.23. The topological polar surface area (TPSA) is 32.3 Å². The van der Waals surface area contributed by atoms with E-state index in [0.717, 1.165) is 38.9 Å². The largest absolute Gasteiger partial charge is 0.339 e. The van der Waals surface area contributed by atoms with E-state index in [-0.39, 0.29) is 4.75 Å². The Morgan fingerprint density at radius 3 is 2.44 bits per heavy atom. The van der Waals surface area contributed by atoms with Crippen LogP contribution in [0.15, 0.2) is 0 Å². The minimum atomic E-state index is 0.168. The van der Waals surface area contributed by atoms with Gasteiger partial charge < -0.3 is 10.2 Å². The first kappa shape index (κ1) is 15.8. The average Bonchev–Trinajstić information content (AvgIpc) is 2.33. The Morgan fingerprint density at radius 2 is 1.94 bits per heavy atom. The summed E-state index contributed by atoms with van der Waals surface area (Å²) in [6.45, 7) is 11.7. The monoisotopic (exact) mass is 272 g/mol. The Morgan fingerprint density at radius 1 is 1.33 bits per heavy atom. The molecule has 1 aliphatic heterocycles. The van der Waals surface area contributed by atoms with Crippen molar-refractivity contribution in [2.45, 2.75) is 57.7 Å². The summed E-state index contributed by atoms with van der Waals surface area (Å²) in [5.41, 5.74) is 0. The second-order valence-electron chi connectivity index (χ2n) is 5.97. The van der Waals surface area contributed by atoms with E-state index in [2.05, 4.69) is 37.9 Å². The molecule has 1 amide bonds. The van der Waals surface area contributed by atoms with Gasteiger partial charge in [0.2, 0.25) is 5.91 Å². The van der Waals surface area contributed by atoms with Crippen molar-refractivity contribution in [3.8, 4) is 0 Å². The second kappa shape index (κ2) is 7.39. The lowest BCUT2D eigenvalue weighted by molar-refractivity contribution is -0.131. The number of hydrogen-bond donors (Lipinski definition) is 1. The maximum absolute atomic E-state index is 12.4. The Hall–Kier alpha value is -0.220. The number of nitrogens with zero attached hydrogens (tertiary/aromatic N) is 1. The highest BCUT2D eigenvalue weighted by molar-refractivity contribution is 8.01. The summed E-state index contributed by atoms with van der Waals surface area (Å²) in [6.07, 6.45) is 3.26. The van der Waals surface area contributed by atoms with Crippen LogP contribution in [0.4, 0.5) is 0 Å². The first-order valence-corrected chi connectivity index (χ1v) is 8.06. The summed E-state index contributed by atoms with van der Waals surface area (Å²) in [6, 6.07) is 0.458. The lowest BCUT2D eigenvalue weighted by atomic mass is 10.0. The zero-order valence-electron chi connectivity index (χ0n) is 12.3. The van der Waals surface area contributed by atoms with Crippen LogP contribution in [0, 0.1) is 0 Å². The van der Waals surface area contributed by atoms with E-state index in [1.165, 1.54) is 0 Å². The van der Waals surface area contributed by atoms with Crippen LogP contribution < -0.4 is 5.32 Å². The van der Waals surface area contributed by atoms with E-state index >= 15 is 0 Å². The quantitative estimate of drug-likeness (QED) is 0.834. The molecule has 0 unspecified atom stereocenters. The molecule has 1 saturated heterocycles. The van der Waals surface area contributed by atoms with Crippen molar-refractivity contribution in [3.63, 3.8) is 0 Å². The molecular formula is C14H28N2OS. The van der Waals surface area contributed by atoms with Crippen LogP contribution in [0.2, 0.25) is 0 Å². The van der Waals surface area contributed by atoms with Gasteiger partial charge in [0.05, 0.1) is 5.75 Å². The summed E-state index contributed by atoms with van der Waals surface area (Å²) in [5, 5.41) is 3.36. The van der Waals surface area contributed by atoms with Crippen LogP contribution in [-0.2, 0) is 4.79 Å². The van der Waals surface area contributed by atoms with Crippen LogP contribution in [-0.4, -0.2) is 47.0 Å². The molecule has 0 aromatic heterocycles. The number of amides is 1. The second-order valence-corrected chi connectivity index (χ2v) is 7.77. The van der Waals surface area contributed by atoms with Gasteiger partial charge in [-0.25, -0.2) is 0 Å². The molecule has 0 aromatic carbocycles. The molecule has 0 atom stereocenters. The van der Waals surface area contributed by atoms with Crippen molar-refractivity contribution in [2.75, 3.05) is 25.4 Å². The molecule has 1 fully saturated rings. The van der Waals surface area contributed by atoms with E-state index in [9.17, 15) is 4.79 Å². The third-order valence-corrected chi connectivity index (χ3v) is 4.42. The van der Waals surface area contributed by atoms with Crippen LogP contribution in [0.25, 0.3) is 0 Å². The van der Waals surface area contributed by atoms with Gasteiger partial charge in [-0.05, 0) is 32.4 Å². The summed E-state index contributed by atoms with van der Waals surface area (Å²) in [4.78, 5) is 14.5. The summed E-state index contributed by atoms with van der Waals surface area (Å²) < 4.78 is 0.168. The van der Waals surface area contributed by atoms with Crippen molar-refractivity contribution in [3.05, 3.63) is 0 Å². The summed E-state index contributed by atoms with van der Waals surface area (Å²) in [7, 11) is 0. The summed E-state index contributed by atoms with van der Waals surface area (Å²) in [5.74, 6) is 0.941. The maximum atomic E-state index is 12.4. The Kier molecular flexibility index (Phi) is 6.50.